The monoisotopic (exact) mass is 619 g/mol. The number of amides is 2. The van der Waals surface area contributed by atoms with Crippen molar-refractivity contribution in [2.45, 2.75) is 57.1 Å². The Labute approximate surface area is 252 Å². The van der Waals surface area contributed by atoms with Crippen molar-refractivity contribution in [3.63, 3.8) is 0 Å². The Hall–Kier alpha value is -3.27. The number of anilines is 1. The van der Waals surface area contributed by atoms with Crippen molar-refractivity contribution in [3.8, 4) is 5.75 Å². The molecule has 220 valence electrons. The van der Waals surface area contributed by atoms with E-state index in [4.69, 9.17) is 27.9 Å². The Kier molecular flexibility index (Phi) is 10.7. The summed E-state index contributed by atoms with van der Waals surface area (Å²) in [6.07, 6.45) is 0.299. The van der Waals surface area contributed by atoms with Crippen LogP contribution in [0.4, 0.5) is 5.69 Å². The normalized spacial score (nSPS) is 12.4. The first-order valence-corrected chi connectivity index (χ1v) is 15.2. The maximum Gasteiger partial charge on any atom is 0.264 e. The largest absolute Gasteiger partial charge is 0.497 e. The lowest BCUT2D eigenvalue weighted by atomic mass is 10.1. The molecule has 41 heavy (non-hydrogen) atoms. The van der Waals surface area contributed by atoms with Crippen LogP contribution in [0, 0.1) is 0 Å². The van der Waals surface area contributed by atoms with Gasteiger partial charge in [-0.15, -0.1) is 0 Å². The zero-order valence-electron chi connectivity index (χ0n) is 23.7. The first-order valence-electron chi connectivity index (χ1n) is 13.0. The molecule has 2 amide bonds. The Balaban J connectivity index is 2.10. The van der Waals surface area contributed by atoms with E-state index < -0.39 is 34.1 Å². The van der Waals surface area contributed by atoms with Gasteiger partial charge in [0.1, 0.15) is 18.3 Å². The van der Waals surface area contributed by atoms with E-state index in [2.05, 4.69) is 5.32 Å². The molecular formula is C30H35Cl2N3O5S. The minimum atomic E-state index is -4.26. The number of ether oxygens (including phenoxy) is 1. The molecule has 0 aliphatic carbocycles. The third-order valence-electron chi connectivity index (χ3n) is 6.21. The van der Waals surface area contributed by atoms with E-state index in [0.29, 0.717) is 12.2 Å². The molecule has 8 nitrogen and oxygen atoms in total. The zero-order chi connectivity index (χ0) is 30.4. The number of sulfonamides is 1. The van der Waals surface area contributed by atoms with Crippen LogP contribution in [0.25, 0.3) is 0 Å². The van der Waals surface area contributed by atoms with E-state index >= 15 is 0 Å². The highest BCUT2D eigenvalue weighted by Gasteiger charge is 2.35. The average Bonchev–Trinajstić information content (AvgIpc) is 2.93. The van der Waals surface area contributed by atoms with E-state index in [1.807, 2.05) is 20.8 Å². The number of benzene rings is 3. The highest BCUT2D eigenvalue weighted by molar-refractivity contribution is 7.92. The topological polar surface area (TPSA) is 96.0 Å². The van der Waals surface area contributed by atoms with Gasteiger partial charge in [-0.1, -0.05) is 66.5 Å². The van der Waals surface area contributed by atoms with E-state index in [0.717, 1.165) is 9.87 Å². The van der Waals surface area contributed by atoms with Crippen LogP contribution < -0.4 is 14.4 Å². The summed E-state index contributed by atoms with van der Waals surface area (Å²) in [4.78, 5) is 28.9. The first kappa shape index (κ1) is 32.2. The minimum Gasteiger partial charge on any atom is -0.497 e. The van der Waals surface area contributed by atoms with E-state index in [1.54, 1.807) is 62.6 Å². The molecule has 3 aromatic rings. The van der Waals surface area contributed by atoms with Gasteiger partial charge in [0.2, 0.25) is 11.8 Å². The van der Waals surface area contributed by atoms with Crippen LogP contribution in [0.2, 0.25) is 10.0 Å². The van der Waals surface area contributed by atoms with Gasteiger partial charge in [-0.3, -0.25) is 13.9 Å². The highest BCUT2D eigenvalue weighted by Crippen LogP contribution is 2.35. The number of nitrogens with zero attached hydrogens (tertiary/aromatic N) is 2. The third kappa shape index (κ3) is 8.15. The summed E-state index contributed by atoms with van der Waals surface area (Å²) >= 11 is 12.7. The van der Waals surface area contributed by atoms with E-state index in [-0.39, 0.29) is 33.1 Å². The predicted octanol–water partition coefficient (Wildman–Crippen LogP) is 5.92. The maximum absolute atomic E-state index is 14.1. The summed E-state index contributed by atoms with van der Waals surface area (Å²) in [6, 6.07) is 18.5. The molecule has 3 rings (SSSR count). The van der Waals surface area contributed by atoms with Crippen molar-refractivity contribution in [2.24, 2.45) is 0 Å². The number of carbonyl (C=O) groups is 2. The minimum absolute atomic E-state index is 0.0132. The summed E-state index contributed by atoms with van der Waals surface area (Å²) in [7, 11) is -2.71. The fourth-order valence-electron chi connectivity index (χ4n) is 4.22. The molecule has 0 bridgehead atoms. The van der Waals surface area contributed by atoms with Crippen LogP contribution in [0.5, 0.6) is 5.75 Å². The lowest BCUT2D eigenvalue weighted by Crippen LogP contribution is -2.55. The summed E-state index contributed by atoms with van der Waals surface area (Å²) in [5.41, 5.74) is 0.239. The van der Waals surface area contributed by atoms with Gasteiger partial charge in [0.15, 0.2) is 0 Å². The van der Waals surface area contributed by atoms with Crippen molar-refractivity contribution in [3.05, 3.63) is 88.4 Å². The fraction of sp³-hybridized carbons (Fsp3) is 0.333. The van der Waals surface area contributed by atoms with Crippen LogP contribution in [-0.2, 0) is 26.2 Å². The second kappa shape index (κ2) is 13.6. The van der Waals surface area contributed by atoms with Crippen molar-refractivity contribution in [2.75, 3.05) is 18.0 Å². The van der Waals surface area contributed by atoms with Gasteiger partial charge in [0.25, 0.3) is 10.0 Å². The number of rotatable bonds is 11. The molecule has 0 aromatic heterocycles. The maximum atomic E-state index is 14.1. The van der Waals surface area contributed by atoms with Gasteiger partial charge in [0, 0.05) is 12.1 Å². The molecule has 0 saturated heterocycles. The third-order valence-corrected chi connectivity index (χ3v) is 8.79. The van der Waals surface area contributed by atoms with Gasteiger partial charge >= 0.3 is 0 Å². The number of halogens is 2. The molecule has 1 unspecified atom stereocenters. The molecule has 0 saturated carbocycles. The number of methoxy groups -OCH3 is 1. The van der Waals surface area contributed by atoms with Gasteiger partial charge in [-0.05, 0) is 69.2 Å². The summed E-state index contributed by atoms with van der Waals surface area (Å²) in [5.74, 6) is -0.299. The molecule has 0 aliphatic heterocycles. The van der Waals surface area contributed by atoms with Crippen molar-refractivity contribution >= 4 is 50.7 Å². The van der Waals surface area contributed by atoms with Crippen molar-refractivity contribution in [1.29, 1.82) is 0 Å². The molecule has 1 atom stereocenters. The Bertz CT molecular complexity index is 1460. The van der Waals surface area contributed by atoms with Crippen molar-refractivity contribution in [1.82, 2.24) is 10.2 Å². The van der Waals surface area contributed by atoms with Crippen LogP contribution in [0.3, 0.4) is 0 Å². The Morgan fingerprint density at radius 1 is 0.951 bits per heavy atom. The van der Waals surface area contributed by atoms with Crippen molar-refractivity contribution < 1.29 is 22.7 Å². The number of hydrogen-bond acceptors (Lipinski definition) is 5. The molecule has 0 fully saturated rings. The van der Waals surface area contributed by atoms with Gasteiger partial charge in [-0.25, -0.2) is 8.42 Å². The summed E-state index contributed by atoms with van der Waals surface area (Å²) in [5, 5.41) is 3.07. The lowest BCUT2D eigenvalue weighted by Gasteiger charge is -2.35. The molecule has 3 aromatic carbocycles. The second-order valence-electron chi connectivity index (χ2n) is 10.4. The van der Waals surface area contributed by atoms with Crippen LogP contribution >= 0.6 is 23.2 Å². The van der Waals surface area contributed by atoms with Gasteiger partial charge in [0.05, 0.1) is 27.7 Å². The molecule has 0 spiro atoms. The van der Waals surface area contributed by atoms with Crippen LogP contribution in [0.15, 0.2) is 77.7 Å². The molecule has 0 aliphatic rings. The quantitative estimate of drug-likeness (QED) is 0.287. The Morgan fingerprint density at radius 2 is 1.59 bits per heavy atom. The summed E-state index contributed by atoms with van der Waals surface area (Å²) < 4.78 is 34.0. The van der Waals surface area contributed by atoms with Gasteiger partial charge < -0.3 is 15.0 Å². The predicted molar refractivity (Wildman–Crippen MR) is 163 cm³/mol. The van der Waals surface area contributed by atoms with Gasteiger partial charge in [-0.2, -0.15) is 0 Å². The molecule has 0 radical (unpaired) electrons. The number of hydrogen-bond donors (Lipinski definition) is 1. The first-order chi connectivity index (χ1) is 19.3. The Morgan fingerprint density at radius 3 is 2.15 bits per heavy atom. The van der Waals surface area contributed by atoms with E-state index in [9.17, 15) is 18.0 Å². The number of carbonyl (C=O) groups excluding carboxylic acids is 2. The van der Waals surface area contributed by atoms with Crippen LogP contribution in [0.1, 0.15) is 39.7 Å². The molecule has 1 N–H and O–H groups in total. The summed E-state index contributed by atoms with van der Waals surface area (Å²) in [6.45, 7) is 6.79. The number of nitrogens with one attached hydrogen (secondary N) is 1. The standard InChI is InChI=1S/C30H35Cl2N3O5S/c1-6-25(29(37)33-30(2,3)4)34(19-21-15-17-22(40-5)18-16-21)27(36)20-35(26-14-10-13-24(31)28(26)32)41(38,39)23-11-8-7-9-12-23/h7-18,25H,6,19-20H2,1-5H3,(H,33,37). The second-order valence-corrected chi connectivity index (χ2v) is 13.1. The van der Waals surface area contributed by atoms with E-state index in [1.165, 1.54) is 29.2 Å². The SMILES string of the molecule is CCC(C(=O)NC(C)(C)C)N(Cc1ccc(OC)cc1)C(=O)CN(c1cccc(Cl)c1Cl)S(=O)(=O)c1ccccc1. The smallest absolute Gasteiger partial charge is 0.264 e. The molecule has 0 heterocycles. The lowest BCUT2D eigenvalue weighted by molar-refractivity contribution is -0.141. The fourth-order valence-corrected chi connectivity index (χ4v) is 6.11. The molecule has 11 heteroatoms. The highest BCUT2D eigenvalue weighted by atomic mass is 35.5. The van der Waals surface area contributed by atoms with Crippen LogP contribution in [-0.4, -0.2) is 50.4 Å². The molecular weight excluding hydrogens is 585 g/mol. The zero-order valence-corrected chi connectivity index (χ0v) is 26.1. The average molecular weight is 621 g/mol.